The van der Waals surface area contributed by atoms with Gasteiger partial charge in [-0.25, -0.2) is 0 Å². The Morgan fingerprint density at radius 1 is 1.64 bits per heavy atom. The lowest BCUT2D eigenvalue weighted by molar-refractivity contribution is -0.297. The Balaban J connectivity index is 2.71. The van der Waals surface area contributed by atoms with Gasteiger partial charge in [-0.2, -0.15) is 0 Å². The van der Waals surface area contributed by atoms with Gasteiger partial charge in [0, 0.05) is 4.88 Å². The van der Waals surface area contributed by atoms with E-state index in [4.69, 9.17) is 0 Å². The molecule has 58 valence electrons. The molecule has 0 spiro atoms. The van der Waals surface area contributed by atoms with Crippen molar-refractivity contribution < 1.29 is 9.90 Å². The van der Waals surface area contributed by atoms with Gasteiger partial charge in [0.15, 0.2) is 0 Å². The molecule has 0 atom stereocenters. The Bertz CT molecular complexity index is 290. The second kappa shape index (κ2) is 3.69. The minimum absolute atomic E-state index is 0.890. The van der Waals surface area contributed by atoms with E-state index in [2.05, 4.69) is 15.9 Å². The van der Waals surface area contributed by atoms with E-state index in [0.29, 0.717) is 0 Å². The van der Waals surface area contributed by atoms with Crippen LogP contribution in [0.1, 0.15) is 4.88 Å². The Morgan fingerprint density at radius 3 is 2.82 bits per heavy atom. The van der Waals surface area contributed by atoms with Crippen LogP contribution in [0.2, 0.25) is 0 Å². The van der Waals surface area contributed by atoms with Crippen LogP contribution in [0.3, 0.4) is 0 Å². The second-order valence-electron chi connectivity index (χ2n) is 1.79. The molecule has 0 saturated heterocycles. The maximum absolute atomic E-state index is 9.97. The largest absolute Gasteiger partial charge is 0.545 e. The molecule has 0 aromatic carbocycles. The lowest BCUT2D eigenvalue weighted by Gasteiger charge is -1.87. The third-order valence-electron chi connectivity index (χ3n) is 0.978. The number of halogens is 1. The molecule has 0 saturated carbocycles. The molecule has 0 bridgehead atoms. The summed E-state index contributed by atoms with van der Waals surface area (Å²) in [5, 5.41) is 9.97. The van der Waals surface area contributed by atoms with Gasteiger partial charge in [0.05, 0.1) is 9.76 Å². The van der Waals surface area contributed by atoms with Crippen LogP contribution < -0.4 is 5.11 Å². The third-order valence-corrected chi connectivity index (χ3v) is 2.57. The topological polar surface area (TPSA) is 40.1 Å². The molecule has 1 heterocycles. The SMILES string of the molecule is O=C([O-])/C=C/c1ccc(Br)s1. The van der Waals surface area contributed by atoms with Crippen molar-refractivity contribution in [2.45, 2.75) is 0 Å². The molecule has 0 fully saturated rings. The molecule has 4 heteroatoms. The van der Waals surface area contributed by atoms with Crippen LogP contribution in [0.25, 0.3) is 6.08 Å². The fourth-order valence-electron chi connectivity index (χ4n) is 0.568. The molecule has 0 aliphatic rings. The number of rotatable bonds is 2. The number of carbonyl (C=O) groups excluding carboxylic acids is 1. The first-order chi connectivity index (χ1) is 5.18. The summed E-state index contributed by atoms with van der Waals surface area (Å²) in [5.74, 6) is -1.17. The first kappa shape index (κ1) is 8.49. The molecule has 0 aliphatic carbocycles. The van der Waals surface area contributed by atoms with Crippen LogP contribution >= 0.6 is 27.3 Å². The molecule has 0 aliphatic heterocycles. The van der Waals surface area contributed by atoms with Crippen LogP contribution in [-0.4, -0.2) is 5.97 Å². The number of thiophene rings is 1. The maximum atomic E-state index is 9.97. The van der Waals surface area contributed by atoms with E-state index in [0.717, 1.165) is 14.7 Å². The minimum atomic E-state index is -1.17. The standard InChI is InChI=1S/C7H5BrO2S/c8-6-3-1-5(11-6)2-4-7(9)10/h1-4H,(H,9,10)/p-1/b4-2+. The van der Waals surface area contributed by atoms with Crippen molar-refractivity contribution in [1.82, 2.24) is 0 Å². The molecule has 0 N–H and O–H groups in total. The summed E-state index contributed by atoms with van der Waals surface area (Å²) < 4.78 is 0.982. The predicted molar refractivity (Wildman–Crippen MR) is 46.1 cm³/mol. The van der Waals surface area contributed by atoms with Gasteiger partial charge in [0.2, 0.25) is 0 Å². The summed E-state index contributed by atoms with van der Waals surface area (Å²) >= 11 is 4.73. The Labute approximate surface area is 76.3 Å². The highest BCUT2D eigenvalue weighted by Gasteiger charge is 1.90. The third kappa shape index (κ3) is 2.86. The highest BCUT2D eigenvalue weighted by molar-refractivity contribution is 9.11. The fourth-order valence-corrected chi connectivity index (χ4v) is 1.89. The normalized spacial score (nSPS) is 10.6. The van der Waals surface area contributed by atoms with Crippen LogP contribution in [0.5, 0.6) is 0 Å². The summed E-state index contributed by atoms with van der Waals surface area (Å²) in [6, 6.07) is 3.69. The molecule has 0 amide bonds. The van der Waals surface area contributed by atoms with Crippen LogP contribution in [-0.2, 0) is 4.79 Å². The lowest BCUT2D eigenvalue weighted by Crippen LogP contribution is -2.18. The van der Waals surface area contributed by atoms with E-state index in [9.17, 15) is 9.90 Å². The molecule has 0 unspecified atom stereocenters. The van der Waals surface area contributed by atoms with Crippen LogP contribution in [0.15, 0.2) is 22.0 Å². The van der Waals surface area contributed by atoms with Gasteiger partial charge in [-0.3, -0.25) is 0 Å². The highest BCUT2D eigenvalue weighted by Crippen LogP contribution is 2.22. The average Bonchev–Trinajstić information content (AvgIpc) is 2.31. The smallest absolute Gasteiger partial charge is 0.0704 e. The summed E-state index contributed by atoms with van der Waals surface area (Å²) in [6.07, 6.45) is 2.52. The van der Waals surface area contributed by atoms with Crippen LogP contribution in [0, 0.1) is 0 Å². The van der Waals surface area contributed by atoms with Crippen molar-refractivity contribution in [3.63, 3.8) is 0 Å². The van der Waals surface area contributed by atoms with E-state index < -0.39 is 5.97 Å². The van der Waals surface area contributed by atoms with Crippen molar-refractivity contribution in [1.29, 1.82) is 0 Å². The molecule has 1 aromatic rings. The number of hydrogen-bond acceptors (Lipinski definition) is 3. The van der Waals surface area contributed by atoms with Crippen molar-refractivity contribution in [2.24, 2.45) is 0 Å². The number of aliphatic carboxylic acids is 1. The molecule has 11 heavy (non-hydrogen) atoms. The minimum Gasteiger partial charge on any atom is -0.545 e. The zero-order valence-corrected chi connectivity index (χ0v) is 7.81. The van der Waals surface area contributed by atoms with E-state index >= 15 is 0 Å². The van der Waals surface area contributed by atoms with Gasteiger partial charge in [-0.1, -0.05) is 0 Å². The maximum Gasteiger partial charge on any atom is 0.0704 e. The summed E-state index contributed by atoms with van der Waals surface area (Å²) in [4.78, 5) is 10.9. The molecular weight excluding hydrogens is 228 g/mol. The predicted octanol–water partition coefficient (Wildman–Crippen LogP) is 1.27. The van der Waals surface area contributed by atoms with E-state index in [1.54, 1.807) is 0 Å². The average molecular weight is 232 g/mol. The molecule has 1 rings (SSSR count). The highest BCUT2D eigenvalue weighted by atomic mass is 79.9. The zero-order chi connectivity index (χ0) is 8.27. The van der Waals surface area contributed by atoms with E-state index in [1.165, 1.54) is 17.4 Å². The second-order valence-corrected chi connectivity index (χ2v) is 4.29. The van der Waals surface area contributed by atoms with Gasteiger partial charge >= 0.3 is 0 Å². The summed E-state index contributed by atoms with van der Waals surface area (Å²) in [7, 11) is 0. The van der Waals surface area contributed by atoms with Gasteiger partial charge < -0.3 is 9.90 Å². The molecular formula is C7H4BrO2S-. The van der Waals surface area contributed by atoms with Gasteiger partial charge in [0.25, 0.3) is 0 Å². The lowest BCUT2D eigenvalue weighted by atomic mass is 10.4. The van der Waals surface area contributed by atoms with Gasteiger partial charge in [-0.05, 0) is 40.2 Å². The van der Waals surface area contributed by atoms with Crippen LogP contribution in [0.4, 0.5) is 0 Å². The molecule has 2 nitrogen and oxygen atoms in total. The quantitative estimate of drug-likeness (QED) is 0.720. The summed E-state index contributed by atoms with van der Waals surface area (Å²) in [6.45, 7) is 0. The van der Waals surface area contributed by atoms with Gasteiger partial charge in [-0.15, -0.1) is 11.3 Å². The van der Waals surface area contributed by atoms with E-state index in [-0.39, 0.29) is 0 Å². The number of carbonyl (C=O) groups is 1. The molecule has 1 aromatic heterocycles. The molecule has 0 radical (unpaired) electrons. The van der Waals surface area contributed by atoms with E-state index in [1.807, 2.05) is 12.1 Å². The van der Waals surface area contributed by atoms with Crippen molar-refractivity contribution >= 4 is 39.3 Å². The first-order valence-corrected chi connectivity index (χ1v) is 4.44. The number of hydrogen-bond donors (Lipinski definition) is 0. The summed E-state index contributed by atoms with van der Waals surface area (Å²) in [5.41, 5.74) is 0. The number of carboxylic acids is 1. The van der Waals surface area contributed by atoms with Crippen molar-refractivity contribution in [3.8, 4) is 0 Å². The first-order valence-electron chi connectivity index (χ1n) is 2.83. The Morgan fingerprint density at radius 2 is 2.36 bits per heavy atom. The fraction of sp³-hybridized carbons (Fsp3) is 0. The van der Waals surface area contributed by atoms with Crippen molar-refractivity contribution in [2.75, 3.05) is 0 Å². The van der Waals surface area contributed by atoms with Gasteiger partial charge in [0.1, 0.15) is 0 Å². The Kier molecular flexibility index (Phi) is 2.84. The monoisotopic (exact) mass is 231 g/mol. The van der Waals surface area contributed by atoms with Crippen molar-refractivity contribution in [3.05, 3.63) is 26.9 Å². The Hall–Kier alpha value is -0.610. The number of carboxylic acid groups (broad SMARTS) is 1. The zero-order valence-electron chi connectivity index (χ0n) is 5.41.